The summed E-state index contributed by atoms with van der Waals surface area (Å²) in [5.74, 6) is 0.886. The van der Waals surface area contributed by atoms with Crippen molar-refractivity contribution in [2.45, 2.75) is 13.8 Å². The Hall–Kier alpha value is -1.16. The molecule has 4 nitrogen and oxygen atoms in total. The summed E-state index contributed by atoms with van der Waals surface area (Å²) in [7, 11) is 2.10. The summed E-state index contributed by atoms with van der Waals surface area (Å²) in [5.41, 5.74) is 0.951. The summed E-state index contributed by atoms with van der Waals surface area (Å²) in [6.45, 7) is 7.10. The molecule has 0 spiro atoms. The second kappa shape index (κ2) is 5.54. The highest BCUT2D eigenvalue weighted by atomic mass is 15.1. The third-order valence-electron chi connectivity index (χ3n) is 2.21. The Morgan fingerprint density at radius 2 is 2.07 bits per heavy atom. The maximum atomic E-state index is 4.21. The largest absolute Gasteiger partial charge is 0.367 e. The van der Waals surface area contributed by atoms with E-state index in [9.17, 15) is 0 Å². The first-order valence-corrected chi connectivity index (χ1v) is 4.94. The number of likely N-dealkylation sites (N-methyl/N-ethyl adjacent to an activating group) is 1. The van der Waals surface area contributed by atoms with E-state index in [1.54, 1.807) is 12.4 Å². The Labute approximate surface area is 85.4 Å². The Balaban J connectivity index is 2.35. The van der Waals surface area contributed by atoms with Gasteiger partial charge in [-0.25, -0.2) is 4.98 Å². The molecule has 1 N–H and O–H groups in total. The lowest BCUT2D eigenvalue weighted by molar-refractivity contribution is 0.367. The van der Waals surface area contributed by atoms with Crippen molar-refractivity contribution < 1.29 is 0 Å². The van der Waals surface area contributed by atoms with Crippen molar-refractivity contribution in [2.24, 2.45) is 0 Å². The first-order chi connectivity index (χ1) is 6.74. The Bertz CT molecular complexity index is 275. The Morgan fingerprint density at radius 3 is 2.71 bits per heavy atom. The molecular formula is C10H18N4. The fraction of sp³-hybridized carbons (Fsp3) is 0.600. The lowest BCUT2D eigenvalue weighted by Crippen LogP contribution is -2.25. The number of rotatable bonds is 5. The van der Waals surface area contributed by atoms with E-state index < -0.39 is 0 Å². The minimum Gasteiger partial charge on any atom is -0.367 e. The standard InChI is InChI=1S/C10H18N4/c1-4-14(3)8-7-13-10-9(2)11-5-6-12-10/h5-6H,4,7-8H2,1-3H3,(H,12,13). The van der Waals surface area contributed by atoms with Crippen molar-refractivity contribution in [3.63, 3.8) is 0 Å². The maximum Gasteiger partial charge on any atom is 0.147 e. The number of hydrogen-bond acceptors (Lipinski definition) is 4. The number of aromatic nitrogens is 2. The molecule has 0 aliphatic heterocycles. The summed E-state index contributed by atoms with van der Waals surface area (Å²) >= 11 is 0. The predicted molar refractivity (Wildman–Crippen MR) is 58.4 cm³/mol. The van der Waals surface area contributed by atoms with Gasteiger partial charge < -0.3 is 10.2 Å². The van der Waals surface area contributed by atoms with E-state index in [1.165, 1.54) is 0 Å². The van der Waals surface area contributed by atoms with Gasteiger partial charge in [0.1, 0.15) is 5.82 Å². The minimum absolute atomic E-state index is 0.886. The van der Waals surface area contributed by atoms with Gasteiger partial charge in [0.25, 0.3) is 0 Å². The number of nitrogens with zero attached hydrogens (tertiary/aromatic N) is 3. The average molecular weight is 194 g/mol. The van der Waals surface area contributed by atoms with E-state index in [4.69, 9.17) is 0 Å². The first-order valence-electron chi connectivity index (χ1n) is 4.94. The zero-order valence-corrected chi connectivity index (χ0v) is 9.12. The summed E-state index contributed by atoms with van der Waals surface area (Å²) < 4.78 is 0. The second-order valence-corrected chi connectivity index (χ2v) is 3.31. The quantitative estimate of drug-likeness (QED) is 0.763. The van der Waals surface area contributed by atoms with Crippen molar-refractivity contribution >= 4 is 5.82 Å². The smallest absolute Gasteiger partial charge is 0.147 e. The second-order valence-electron chi connectivity index (χ2n) is 3.31. The molecule has 14 heavy (non-hydrogen) atoms. The molecule has 1 aromatic rings. The molecule has 0 aliphatic rings. The lowest BCUT2D eigenvalue weighted by atomic mass is 10.4. The number of anilines is 1. The van der Waals surface area contributed by atoms with Crippen LogP contribution in [0.3, 0.4) is 0 Å². The fourth-order valence-corrected chi connectivity index (χ4v) is 1.10. The van der Waals surface area contributed by atoms with Gasteiger partial charge in [-0.15, -0.1) is 0 Å². The van der Waals surface area contributed by atoms with Gasteiger partial charge in [0.15, 0.2) is 0 Å². The number of aryl methyl sites for hydroxylation is 1. The van der Waals surface area contributed by atoms with Crippen LogP contribution in [-0.2, 0) is 0 Å². The maximum absolute atomic E-state index is 4.21. The average Bonchev–Trinajstić information content (AvgIpc) is 2.20. The van der Waals surface area contributed by atoms with E-state index >= 15 is 0 Å². The molecule has 0 unspecified atom stereocenters. The van der Waals surface area contributed by atoms with Crippen LogP contribution in [0.15, 0.2) is 12.4 Å². The normalized spacial score (nSPS) is 10.6. The van der Waals surface area contributed by atoms with Gasteiger partial charge in [-0.2, -0.15) is 0 Å². The summed E-state index contributed by atoms with van der Waals surface area (Å²) in [6, 6.07) is 0. The van der Waals surface area contributed by atoms with E-state index in [0.717, 1.165) is 31.1 Å². The van der Waals surface area contributed by atoms with Crippen LogP contribution in [-0.4, -0.2) is 41.5 Å². The SMILES string of the molecule is CCN(C)CCNc1nccnc1C. The zero-order chi connectivity index (χ0) is 10.4. The molecule has 1 rings (SSSR count). The van der Waals surface area contributed by atoms with Gasteiger partial charge >= 0.3 is 0 Å². The molecule has 0 bridgehead atoms. The summed E-state index contributed by atoms with van der Waals surface area (Å²) in [4.78, 5) is 10.6. The molecule has 0 atom stereocenters. The van der Waals surface area contributed by atoms with E-state index in [1.807, 2.05) is 6.92 Å². The van der Waals surface area contributed by atoms with Crippen molar-refractivity contribution in [3.8, 4) is 0 Å². The van der Waals surface area contributed by atoms with Gasteiger partial charge in [0.05, 0.1) is 5.69 Å². The number of nitrogens with one attached hydrogen (secondary N) is 1. The van der Waals surface area contributed by atoms with Gasteiger partial charge in [0, 0.05) is 25.5 Å². The van der Waals surface area contributed by atoms with Crippen molar-refractivity contribution in [1.29, 1.82) is 0 Å². The van der Waals surface area contributed by atoms with Crippen molar-refractivity contribution in [1.82, 2.24) is 14.9 Å². The minimum atomic E-state index is 0.886. The monoisotopic (exact) mass is 194 g/mol. The first kappa shape index (κ1) is 10.9. The summed E-state index contributed by atoms with van der Waals surface area (Å²) in [6.07, 6.45) is 3.41. The third-order valence-corrected chi connectivity index (χ3v) is 2.21. The van der Waals surface area contributed by atoms with Gasteiger partial charge in [0.2, 0.25) is 0 Å². The van der Waals surface area contributed by atoms with Crippen LogP contribution in [0.1, 0.15) is 12.6 Å². The molecule has 0 saturated carbocycles. The topological polar surface area (TPSA) is 41.0 Å². The molecular weight excluding hydrogens is 176 g/mol. The fourth-order valence-electron chi connectivity index (χ4n) is 1.10. The molecule has 1 aromatic heterocycles. The van der Waals surface area contributed by atoms with Crippen LogP contribution in [0.5, 0.6) is 0 Å². The molecule has 0 aromatic carbocycles. The van der Waals surface area contributed by atoms with Crippen LogP contribution in [0.25, 0.3) is 0 Å². The number of hydrogen-bond donors (Lipinski definition) is 1. The molecule has 0 saturated heterocycles. The predicted octanol–water partition coefficient (Wildman–Crippen LogP) is 1.15. The molecule has 1 heterocycles. The van der Waals surface area contributed by atoms with Crippen LogP contribution in [0, 0.1) is 6.92 Å². The van der Waals surface area contributed by atoms with Crippen LogP contribution in [0.2, 0.25) is 0 Å². The van der Waals surface area contributed by atoms with E-state index in [0.29, 0.717) is 0 Å². The van der Waals surface area contributed by atoms with E-state index in [-0.39, 0.29) is 0 Å². The van der Waals surface area contributed by atoms with Crippen LogP contribution >= 0.6 is 0 Å². The molecule has 0 amide bonds. The molecule has 4 heteroatoms. The van der Waals surface area contributed by atoms with Gasteiger partial charge in [-0.3, -0.25) is 4.98 Å². The highest BCUT2D eigenvalue weighted by Gasteiger charge is 1.99. The zero-order valence-electron chi connectivity index (χ0n) is 9.12. The Morgan fingerprint density at radius 1 is 1.36 bits per heavy atom. The molecule has 78 valence electrons. The van der Waals surface area contributed by atoms with Gasteiger partial charge in [-0.05, 0) is 20.5 Å². The summed E-state index contributed by atoms with van der Waals surface area (Å²) in [5, 5.41) is 3.26. The highest BCUT2D eigenvalue weighted by molar-refractivity contribution is 5.37. The third kappa shape index (κ3) is 3.30. The van der Waals surface area contributed by atoms with Crippen molar-refractivity contribution in [3.05, 3.63) is 18.1 Å². The Kier molecular flexibility index (Phi) is 4.32. The lowest BCUT2D eigenvalue weighted by Gasteiger charge is -2.14. The van der Waals surface area contributed by atoms with Gasteiger partial charge in [-0.1, -0.05) is 6.92 Å². The highest BCUT2D eigenvalue weighted by Crippen LogP contribution is 2.04. The molecule has 0 aliphatic carbocycles. The van der Waals surface area contributed by atoms with E-state index in [2.05, 4.69) is 34.2 Å². The van der Waals surface area contributed by atoms with Crippen LogP contribution < -0.4 is 5.32 Å². The van der Waals surface area contributed by atoms with Crippen LogP contribution in [0.4, 0.5) is 5.82 Å². The molecule has 0 radical (unpaired) electrons. The molecule has 0 fully saturated rings. The van der Waals surface area contributed by atoms with Crippen molar-refractivity contribution in [2.75, 3.05) is 32.0 Å².